The summed E-state index contributed by atoms with van der Waals surface area (Å²) < 4.78 is 11.2. The molecule has 0 spiro atoms. The molecule has 1 aliphatic heterocycles. The van der Waals surface area contributed by atoms with Crippen LogP contribution in [0.3, 0.4) is 0 Å². The van der Waals surface area contributed by atoms with E-state index >= 15 is 0 Å². The second-order valence-electron chi connectivity index (χ2n) is 6.51. The molecule has 30 heavy (non-hydrogen) atoms. The summed E-state index contributed by atoms with van der Waals surface area (Å²) in [5, 5.41) is 9.03. The van der Waals surface area contributed by atoms with Gasteiger partial charge in [0.2, 0.25) is 0 Å². The number of hydrogen-bond acceptors (Lipinski definition) is 6. The molecule has 2 aromatic rings. The van der Waals surface area contributed by atoms with Crippen molar-refractivity contribution in [2.75, 3.05) is 12.0 Å². The van der Waals surface area contributed by atoms with Crippen molar-refractivity contribution in [3.05, 3.63) is 58.5 Å². The molecule has 1 atom stereocenters. The Labute approximate surface area is 184 Å². The quantitative estimate of drug-likeness (QED) is 0.498. The molecule has 0 bridgehead atoms. The lowest BCUT2D eigenvalue weighted by molar-refractivity contribution is -0.144. The number of rotatable bonds is 7. The molecule has 1 unspecified atom stereocenters. The SMILES string of the molecule is CCc1ccccc1N1C(=O)/C(=C\c2ccc(OC(C)C(=O)O)c(OC)c2)SC1=S. The van der Waals surface area contributed by atoms with Gasteiger partial charge in [-0.15, -0.1) is 0 Å². The normalized spacial score (nSPS) is 16.1. The molecular weight excluding hydrogens is 422 g/mol. The number of ether oxygens (including phenoxy) is 2. The van der Waals surface area contributed by atoms with E-state index in [1.807, 2.05) is 31.2 Å². The van der Waals surface area contributed by atoms with Crippen LogP contribution in [0, 0.1) is 0 Å². The number of methoxy groups -OCH3 is 1. The van der Waals surface area contributed by atoms with Crippen LogP contribution in [0.2, 0.25) is 0 Å². The molecule has 156 valence electrons. The van der Waals surface area contributed by atoms with Gasteiger partial charge in [0.25, 0.3) is 5.91 Å². The van der Waals surface area contributed by atoms with E-state index in [2.05, 4.69) is 0 Å². The van der Waals surface area contributed by atoms with Gasteiger partial charge in [-0.1, -0.05) is 55.2 Å². The number of thioether (sulfide) groups is 1. The molecule has 0 aromatic heterocycles. The topological polar surface area (TPSA) is 76.1 Å². The Morgan fingerprint density at radius 3 is 2.67 bits per heavy atom. The average Bonchev–Trinajstić information content (AvgIpc) is 3.01. The lowest BCUT2D eigenvalue weighted by Gasteiger charge is -2.18. The molecule has 2 aromatic carbocycles. The third-order valence-corrected chi connectivity index (χ3v) is 5.85. The first-order chi connectivity index (χ1) is 14.3. The highest BCUT2D eigenvalue weighted by atomic mass is 32.2. The molecule has 1 fully saturated rings. The highest BCUT2D eigenvalue weighted by Gasteiger charge is 2.34. The van der Waals surface area contributed by atoms with Gasteiger partial charge in [-0.05, 0) is 48.7 Å². The fraction of sp³-hybridized carbons (Fsp3) is 0.227. The van der Waals surface area contributed by atoms with Crippen molar-refractivity contribution in [3.8, 4) is 11.5 Å². The summed E-state index contributed by atoms with van der Waals surface area (Å²) in [5.41, 5.74) is 2.56. The first-order valence-electron chi connectivity index (χ1n) is 9.29. The Hall–Kier alpha value is -2.84. The minimum atomic E-state index is -1.07. The summed E-state index contributed by atoms with van der Waals surface area (Å²) in [6, 6.07) is 12.8. The van der Waals surface area contributed by atoms with Gasteiger partial charge in [-0.2, -0.15) is 0 Å². The maximum Gasteiger partial charge on any atom is 0.344 e. The predicted molar refractivity (Wildman–Crippen MR) is 122 cm³/mol. The third kappa shape index (κ3) is 4.49. The van der Waals surface area contributed by atoms with Crippen molar-refractivity contribution in [1.82, 2.24) is 0 Å². The van der Waals surface area contributed by atoms with Crippen molar-refractivity contribution in [1.29, 1.82) is 0 Å². The van der Waals surface area contributed by atoms with Crippen LogP contribution in [-0.2, 0) is 16.0 Å². The van der Waals surface area contributed by atoms with Gasteiger partial charge in [0.15, 0.2) is 21.9 Å². The third-order valence-electron chi connectivity index (χ3n) is 4.54. The number of carboxylic acid groups (broad SMARTS) is 1. The van der Waals surface area contributed by atoms with Crippen LogP contribution in [0.1, 0.15) is 25.0 Å². The number of benzene rings is 2. The van der Waals surface area contributed by atoms with Crippen molar-refractivity contribution in [2.45, 2.75) is 26.4 Å². The summed E-state index contributed by atoms with van der Waals surface area (Å²) in [6.07, 6.45) is 1.51. The molecule has 6 nitrogen and oxygen atoms in total. The number of carboxylic acids is 1. The van der Waals surface area contributed by atoms with Crippen molar-refractivity contribution in [3.63, 3.8) is 0 Å². The number of amides is 1. The Morgan fingerprint density at radius 1 is 1.27 bits per heavy atom. The first-order valence-corrected chi connectivity index (χ1v) is 10.5. The number of thiocarbonyl (C=S) groups is 1. The van der Waals surface area contributed by atoms with E-state index in [1.54, 1.807) is 29.2 Å². The van der Waals surface area contributed by atoms with Gasteiger partial charge >= 0.3 is 5.97 Å². The van der Waals surface area contributed by atoms with Crippen LogP contribution >= 0.6 is 24.0 Å². The zero-order valence-corrected chi connectivity index (χ0v) is 18.4. The Morgan fingerprint density at radius 2 is 2.00 bits per heavy atom. The van der Waals surface area contributed by atoms with E-state index in [0.717, 1.165) is 17.7 Å². The number of carbonyl (C=O) groups is 2. The molecule has 3 rings (SSSR count). The summed E-state index contributed by atoms with van der Waals surface area (Å²) in [5.74, 6) is -0.556. The summed E-state index contributed by atoms with van der Waals surface area (Å²) >= 11 is 6.71. The van der Waals surface area contributed by atoms with Crippen LogP contribution in [0.4, 0.5) is 5.69 Å². The number of carbonyl (C=O) groups excluding carboxylic acids is 1. The highest BCUT2D eigenvalue weighted by Crippen LogP contribution is 2.38. The van der Waals surface area contributed by atoms with E-state index in [1.165, 1.54) is 25.8 Å². The number of nitrogens with zero attached hydrogens (tertiary/aromatic N) is 1. The highest BCUT2D eigenvalue weighted by molar-refractivity contribution is 8.27. The lowest BCUT2D eigenvalue weighted by Crippen LogP contribution is -2.28. The molecule has 1 heterocycles. The standard InChI is InChI=1S/C22H21NO5S2/c1-4-15-7-5-6-8-16(15)23-20(24)19(30-22(23)29)12-14-9-10-17(18(11-14)27-3)28-13(2)21(25)26/h5-13H,4H2,1-3H3,(H,25,26)/b19-12+. The van der Waals surface area contributed by atoms with Crippen LogP contribution < -0.4 is 14.4 Å². The minimum Gasteiger partial charge on any atom is -0.493 e. The fourth-order valence-corrected chi connectivity index (χ4v) is 4.25. The molecule has 0 aliphatic carbocycles. The Kier molecular flexibility index (Phi) is 6.79. The number of anilines is 1. The predicted octanol–water partition coefficient (Wildman–Crippen LogP) is 4.52. The maximum absolute atomic E-state index is 13.1. The Bertz CT molecular complexity index is 1030. The largest absolute Gasteiger partial charge is 0.493 e. The first kappa shape index (κ1) is 21.9. The number of hydrogen-bond donors (Lipinski definition) is 1. The van der Waals surface area contributed by atoms with Gasteiger partial charge in [-0.3, -0.25) is 9.69 Å². The number of aryl methyl sites for hydroxylation is 1. The van der Waals surface area contributed by atoms with Gasteiger partial charge in [0, 0.05) is 0 Å². The summed E-state index contributed by atoms with van der Waals surface area (Å²) in [4.78, 5) is 26.2. The molecule has 1 aliphatic rings. The second-order valence-corrected chi connectivity index (χ2v) is 8.18. The summed E-state index contributed by atoms with van der Waals surface area (Å²) in [6.45, 7) is 3.47. The van der Waals surface area contributed by atoms with Gasteiger partial charge in [0.1, 0.15) is 0 Å². The van der Waals surface area contributed by atoms with E-state index in [0.29, 0.717) is 26.3 Å². The van der Waals surface area contributed by atoms with Crippen molar-refractivity contribution in [2.24, 2.45) is 0 Å². The van der Waals surface area contributed by atoms with Crippen LogP contribution in [0.25, 0.3) is 6.08 Å². The van der Waals surface area contributed by atoms with E-state index in [4.69, 9.17) is 26.8 Å². The lowest BCUT2D eigenvalue weighted by atomic mass is 10.1. The molecule has 0 saturated carbocycles. The molecule has 0 radical (unpaired) electrons. The van der Waals surface area contributed by atoms with Crippen molar-refractivity contribution >= 4 is 51.9 Å². The zero-order valence-electron chi connectivity index (χ0n) is 16.7. The fourth-order valence-electron chi connectivity index (χ4n) is 2.97. The molecule has 1 amide bonds. The van der Waals surface area contributed by atoms with Crippen LogP contribution in [-0.4, -0.2) is 34.5 Å². The van der Waals surface area contributed by atoms with Gasteiger partial charge in [-0.25, -0.2) is 4.79 Å². The summed E-state index contributed by atoms with van der Waals surface area (Å²) in [7, 11) is 1.47. The van der Waals surface area contributed by atoms with Crippen LogP contribution in [0.5, 0.6) is 11.5 Å². The molecule has 8 heteroatoms. The van der Waals surface area contributed by atoms with E-state index in [9.17, 15) is 9.59 Å². The molecular formula is C22H21NO5S2. The average molecular weight is 444 g/mol. The van der Waals surface area contributed by atoms with Crippen LogP contribution in [0.15, 0.2) is 47.4 Å². The molecule has 1 saturated heterocycles. The van der Waals surface area contributed by atoms with Crippen molar-refractivity contribution < 1.29 is 24.2 Å². The van der Waals surface area contributed by atoms with E-state index in [-0.39, 0.29) is 5.91 Å². The Balaban J connectivity index is 1.89. The molecule has 1 N–H and O–H groups in total. The van der Waals surface area contributed by atoms with Gasteiger partial charge in [0.05, 0.1) is 17.7 Å². The minimum absolute atomic E-state index is 0.176. The van der Waals surface area contributed by atoms with E-state index < -0.39 is 12.1 Å². The smallest absolute Gasteiger partial charge is 0.344 e. The second kappa shape index (κ2) is 9.32. The zero-order chi connectivity index (χ0) is 21.8. The monoisotopic (exact) mass is 443 g/mol. The number of aliphatic carboxylic acids is 1. The van der Waals surface area contributed by atoms with Gasteiger partial charge < -0.3 is 14.6 Å². The maximum atomic E-state index is 13.1. The number of para-hydroxylation sites is 1.